The van der Waals surface area contributed by atoms with Crippen molar-refractivity contribution in [1.29, 1.82) is 0 Å². The lowest BCUT2D eigenvalue weighted by atomic mass is 10.2. The predicted octanol–water partition coefficient (Wildman–Crippen LogP) is 3.18. The summed E-state index contributed by atoms with van der Waals surface area (Å²) < 4.78 is 1.88. The van der Waals surface area contributed by atoms with Gasteiger partial charge in [0.05, 0.1) is 10.0 Å². The number of rotatable bonds is 9. The highest BCUT2D eigenvalue weighted by Gasteiger charge is 2.07. The fraction of sp³-hybridized carbons (Fsp3) is 0.389. The van der Waals surface area contributed by atoms with Gasteiger partial charge in [-0.25, -0.2) is 0 Å². The van der Waals surface area contributed by atoms with Crippen LogP contribution in [0.25, 0.3) is 0 Å². The van der Waals surface area contributed by atoms with Gasteiger partial charge in [-0.2, -0.15) is 5.10 Å². The van der Waals surface area contributed by atoms with E-state index in [1.807, 2.05) is 23.9 Å². The van der Waals surface area contributed by atoms with Crippen LogP contribution in [0.15, 0.2) is 41.7 Å². The van der Waals surface area contributed by atoms with Crippen molar-refractivity contribution >= 4 is 59.0 Å². The van der Waals surface area contributed by atoms with Gasteiger partial charge >= 0.3 is 0 Å². The van der Waals surface area contributed by atoms with Crippen molar-refractivity contribution in [2.24, 2.45) is 4.99 Å². The molecule has 0 saturated carbocycles. The number of amides is 1. The minimum absolute atomic E-state index is 0. The van der Waals surface area contributed by atoms with Gasteiger partial charge < -0.3 is 16.0 Å². The van der Waals surface area contributed by atoms with Gasteiger partial charge in [-0.1, -0.05) is 23.2 Å². The topological polar surface area (TPSA) is 83.3 Å². The van der Waals surface area contributed by atoms with Crippen LogP contribution in [0, 0.1) is 0 Å². The molecule has 154 valence electrons. The summed E-state index contributed by atoms with van der Waals surface area (Å²) in [7, 11) is 0. The maximum Gasteiger partial charge on any atom is 0.251 e. The van der Waals surface area contributed by atoms with Crippen LogP contribution < -0.4 is 16.0 Å². The number of hydrogen-bond acceptors (Lipinski definition) is 3. The van der Waals surface area contributed by atoms with E-state index in [9.17, 15) is 4.79 Å². The third-order valence-electron chi connectivity index (χ3n) is 3.60. The monoisotopic (exact) mass is 538 g/mol. The summed E-state index contributed by atoms with van der Waals surface area (Å²) in [5, 5.41) is 14.2. The molecule has 3 N–H and O–H groups in total. The molecule has 1 amide bonds. The maximum absolute atomic E-state index is 12.1. The number of guanidine groups is 1. The first-order valence-corrected chi connectivity index (χ1v) is 9.58. The van der Waals surface area contributed by atoms with Crippen LogP contribution in [0.5, 0.6) is 0 Å². The van der Waals surface area contributed by atoms with Crippen LogP contribution in [0.4, 0.5) is 0 Å². The van der Waals surface area contributed by atoms with Gasteiger partial charge in [0.15, 0.2) is 5.96 Å². The van der Waals surface area contributed by atoms with E-state index in [-0.39, 0.29) is 29.9 Å². The Balaban J connectivity index is 0.00000392. The van der Waals surface area contributed by atoms with Gasteiger partial charge in [0, 0.05) is 50.7 Å². The average Bonchev–Trinajstić information content (AvgIpc) is 3.17. The standard InChI is InChI=1S/C18H24Cl2N6O.HI/c1-2-21-18(23-7-3-11-26-12-4-8-25-26)24-10-9-22-17(27)14-5-6-15(19)16(20)13-14;/h4-6,8,12-13H,2-3,7,9-11H2,1H3,(H,22,27)(H2,21,23,24);1H. The summed E-state index contributed by atoms with van der Waals surface area (Å²) in [6.07, 6.45) is 4.59. The van der Waals surface area contributed by atoms with Crippen molar-refractivity contribution in [3.05, 3.63) is 52.3 Å². The van der Waals surface area contributed by atoms with Crippen molar-refractivity contribution in [3.63, 3.8) is 0 Å². The minimum Gasteiger partial charge on any atom is -0.357 e. The molecule has 0 aliphatic rings. The Hall–Kier alpha value is -1.52. The minimum atomic E-state index is -0.198. The van der Waals surface area contributed by atoms with Crippen LogP contribution >= 0.6 is 47.2 Å². The number of halogens is 3. The number of nitrogens with zero attached hydrogens (tertiary/aromatic N) is 3. The molecule has 0 aliphatic heterocycles. The zero-order chi connectivity index (χ0) is 19.5. The first-order valence-electron chi connectivity index (χ1n) is 8.83. The second kappa shape index (κ2) is 13.6. The van der Waals surface area contributed by atoms with E-state index in [1.54, 1.807) is 24.4 Å². The van der Waals surface area contributed by atoms with Crippen molar-refractivity contribution in [3.8, 4) is 0 Å². The summed E-state index contributed by atoms with van der Waals surface area (Å²) in [5.41, 5.74) is 0.476. The molecule has 10 heteroatoms. The van der Waals surface area contributed by atoms with Gasteiger partial charge in [-0.15, -0.1) is 24.0 Å². The zero-order valence-electron chi connectivity index (χ0n) is 15.6. The Morgan fingerprint density at radius 1 is 1.18 bits per heavy atom. The zero-order valence-corrected chi connectivity index (χ0v) is 19.5. The molecule has 2 rings (SSSR count). The quantitative estimate of drug-likeness (QED) is 0.198. The lowest BCUT2D eigenvalue weighted by Gasteiger charge is -2.12. The van der Waals surface area contributed by atoms with Crippen LogP contribution in [0.2, 0.25) is 10.0 Å². The Labute approximate surface area is 192 Å². The van der Waals surface area contributed by atoms with Gasteiger partial charge in [-0.3, -0.25) is 14.5 Å². The molecule has 1 aromatic heterocycles. The summed E-state index contributed by atoms with van der Waals surface area (Å²) in [4.78, 5) is 16.6. The highest BCUT2D eigenvalue weighted by atomic mass is 127. The molecule has 0 fully saturated rings. The lowest BCUT2D eigenvalue weighted by molar-refractivity contribution is 0.0954. The van der Waals surface area contributed by atoms with Crippen LogP contribution in [0.3, 0.4) is 0 Å². The molecule has 0 radical (unpaired) electrons. The number of carbonyl (C=O) groups is 1. The summed E-state index contributed by atoms with van der Waals surface area (Å²) >= 11 is 11.8. The molecule has 1 heterocycles. The van der Waals surface area contributed by atoms with Gasteiger partial charge in [-0.05, 0) is 37.6 Å². The number of aliphatic imine (C=N–C) groups is 1. The third-order valence-corrected chi connectivity index (χ3v) is 4.34. The van der Waals surface area contributed by atoms with Crippen LogP contribution in [0.1, 0.15) is 23.7 Å². The predicted molar refractivity (Wildman–Crippen MR) is 125 cm³/mol. The number of benzene rings is 1. The second-order valence-electron chi connectivity index (χ2n) is 5.69. The van der Waals surface area contributed by atoms with Crippen LogP contribution in [-0.4, -0.2) is 47.8 Å². The number of aryl methyl sites for hydroxylation is 1. The largest absolute Gasteiger partial charge is 0.357 e. The summed E-state index contributed by atoms with van der Waals surface area (Å²) in [5.74, 6) is 0.526. The number of carbonyl (C=O) groups excluding carboxylic acids is 1. The molecule has 0 bridgehead atoms. The molecule has 2 aromatic rings. The normalized spacial score (nSPS) is 10.9. The van der Waals surface area contributed by atoms with E-state index in [2.05, 4.69) is 26.0 Å². The molecule has 0 atom stereocenters. The molecule has 7 nitrogen and oxygen atoms in total. The molecule has 0 spiro atoms. The maximum atomic E-state index is 12.1. The molecule has 0 unspecified atom stereocenters. The fourth-order valence-corrected chi connectivity index (χ4v) is 2.59. The van der Waals surface area contributed by atoms with Crippen LogP contribution in [-0.2, 0) is 6.54 Å². The molecule has 0 aliphatic carbocycles. The van der Waals surface area contributed by atoms with Crippen molar-refractivity contribution in [1.82, 2.24) is 25.7 Å². The highest BCUT2D eigenvalue weighted by molar-refractivity contribution is 14.0. The van der Waals surface area contributed by atoms with E-state index in [0.717, 1.165) is 25.5 Å². The van der Waals surface area contributed by atoms with E-state index in [1.165, 1.54) is 0 Å². The molecule has 28 heavy (non-hydrogen) atoms. The van der Waals surface area contributed by atoms with Gasteiger partial charge in [0.25, 0.3) is 5.91 Å². The van der Waals surface area contributed by atoms with Crippen molar-refractivity contribution < 1.29 is 4.79 Å². The van der Waals surface area contributed by atoms with E-state index in [0.29, 0.717) is 35.2 Å². The Morgan fingerprint density at radius 2 is 1.96 bits per heavy atom. The second-order valence-corrected chi connectivity index (χ2v) is 6.51. The summed E-state index contributed by atoms with van der Waals surface area (Å²) in [6.45, 7) is 5.29. The van der Waals surface area contributed by atoms with E-state index in [4.69, 9.17) is 23.2 Å². The fourth-order valence-electron chi connectivity index (χ4n) is 2.29. The van der Waals surface area contributed by atoms with Gasteiger partial charge in [0.1, 0.15) is 0 Å². The molecule has 1 aromatic carbocycles. The molecule has 0 saturated heterocycles. The number of hydrogen-bond donors (Lipinski definition) is 3. The van der Waals surface area contributed by atoms with Crippen molar-refractivity contribution in [2.75, 3.05) is 26.2 Å². The molecular formula is C18H25Cl2IN6O. The number of aromatic nitrogens is 2. The summed E-state index contributed by atoms with van der Waals surface area (Å²) in [6, 6.07) is 6.71. The SMILES string of the molecule is CCNC(=NCCCn1cccn1)NCCNC(=O)c1ccc(Cl)c(Cl)c1.I. The Kier molecular flexibility index (Phi) is 11.9. The Bertz CT molecular complexity index is 755. The molecular weight excluding hydrogens is 514 g/mol. The first kappa shape index (κ1) is 24.5. The first-order chi connectivity index (χ1) is 13.1. The van der Waals surface area contributed by atoms with E-state index < -0.39 is 0 Å². The Morgan fingerprint density at radius 3 is 2.64 bits per heavy atom. The third kappa shape index (κ3) is 8.66. The number of nitrogens with one attached hydrogen (secondary N) is 3. The van der Waals surface area contributed by atoms with Gasteiger partial charge in [0.2, 0.25) is 0 Å². The van der Waals surface area contributed by atoms with E-state index >= 15 is 0 Å². The highest BCUT2D eigenvalue weighted by Crippen LogP contribution is 2.22. The van der Waals surface area contributed by atoms with Crippen molar-refractivity contribution in [2.45, 2.75) is 19.9 Å². The smallest absolute Gasteiger partial charge is 0.251 e. The average molecular weight is 539 g/mol. The lowest BCUT2D eigenvalue weighted by Crippen LogP contribution is -2.41.